The highest BCUT2D eigenvalue weighted by atomic mass is 127. The molecule has 1 aliphatic rings. The first-order valence-corrected chi connectivity index (χ1v) is 9.78. The predicted octanol–water partition coefficient (Wildman–Crippen LogP) is 4.97. The minimum atomic E-state index is 0.848. The van der Waals surface area contributed by atoms with Gasteiger partial charge in [0.15, 0.2) is 0 Å². The van der Waals surface area contributed by atoms with Gasteiger partial charge in [-0.1, -0.05) is 18.2 Å². The number of aryl methyl sites for hydroxylation is 2. The summed E-state index contributed by atoms with van der Waals surface area (Å²) in [6.45, 7) is 6.12. The molecule has 2 aromatic carbocycles. The average molecular weight is 533 g/mol. The number of nitrogens with one attached hydrogen (secondary N) is 1. The van der Waals surface area contributed by atoms with Crippen LogP contribution >= 0.6 is 45.2 Å². The topological polar surface area (TPSA) is 18.5 Å². The molecule has 1 aliphatic heterocycles. The third-order valence-corrected chi connectivity index (χ3v) is 7.43. The molecular weight excluding hydrogens is 512 g/mol. The summed E-state index contributed by atoms with van der Waals surface area (Å²) < 4.78 is 2.60. The normalized spacial score (nSPS) is 13.5. The maximum Gasteiger partial charge on any atom is 0.0899 e. The largest absolute Gasteiger partial charge is 0.378 e. The highest BCUT2D eigenvalue weighted by Gasteiger charge is 2.26. The lowest BCUT2D eigenvalue weighted by molar-refractivity contribution is 0.915. The smallest absolute Gasteiger partial charge is 0.0899 e. The summed E-state index contributed by atoms with van der Waals surface area (Å²) in [7, 11) is 4.31. The quantitative estimate of drug-likeness (QED) is 0.563. The van der Waals surface area contributed by atoms with Crippen molar-refractivity contribution in [3.8, 4) is 0 Å². The molecule has 0 bridgehead atoms. The molecule has 0 amide bonds. The Morgan fingerprint density at radius 1 is 1.04 bits per heavy atom. The zero-order chi connectivity index (χ0) is 16.7. The van der Waals surface area contributed by atoms with E-state index in [0.29, 0.717) is 0 Å². The van der Waals surface area contributed by atoms with Crippen LogP contribution in [0.15, 0.2) is 24.3 Å². The second-order valence-corrected chi connectivity index (χ2v) is 8.47. The van der Waals surface area contributed by atoms with Crippen molar-refractivity contribution in [2.45, 2.75) is 20.4 Å². The molecule has 0 radical (unpaired) electrons. The standard InChI is InChI=1S/C18H21I2N3/c1-11-5-6-13(7-12(11)2)9-21-17-16(20)14(19)8-15-18(17)23(4)10-22(15)3/h5-8,21H,9-10H2,1-4H3. The van der Waals surface area contributed by atoms with Gasteiger partial charge in [-0.3, -0.25) is 0 Å². The Bertz CT molecular complexity index is 758. The third kappa shape index (κ3) is 3.26. The zero-order valence-corrected chi connectivity index (χ0v) is 18.2. The average Bonchev–Trinajstić information content (AvgIpc) is 2.77. The monoisotopic (exact) mass is 533 g/mol. The Morgan fingerprint density at radius 2 is 1.78 bits per heavy atom. The third-order valence-electron chi connectivity index (χ3n) is 4.43. The Balaban J connectivity index is 1.94. The molecule has 0 atom stereocenters. The van der Waals surface area contributed by atoms with E-state index in [0.717, 1.165) is 13.2 Å². The Hall–Kier alpha value is -0.700. The fraction of sp³-hybridized carbons (Fsp3) is 0.333. The predicted molar refractivity (Wildman–Crippen MR) is 117 cm³/mol. The summed E-state index contributed by atoms with van der Waals surface area (Å²) in [5.74, 6) is 0. The van der Waals surface area contributed by atoms with Crippen molar-refractivity contribution in [2.24, 2.45) is 0 Å². The van der Waals surface area contributed by atoms with E-state index in [1.54, 1.807) is 0 Å². The van der Waals surface area contributed by atoms with Gasteiger partial charge < -0.3 is 15.1 Å². The number of benzene rings is 2. The van der Waals surface area contributed by atoms with Gasteiger partial charge in [-0.15, -0.1) is 0 Å². The summed E-state index contributed by atoms with van der Waals surface area (Å²) in [4.78, 5) is 4.62. The molecule has 2 aromatic rings. The highest BCUT2D eigenvalue weighted by molar-refractivity contribution is 14.1. The van der Waals surface area contributed by atoms with Crippen molar-refractivity contribution in [2.75, 3.05) is 35.9 Å². The molecule has 3 rings (SSSR count). The summed E-state index contributed by atoms with van der Waals surface area (Å²) >= 11 is 4.89. The van der Waals surface area contributed by atoms with Gasteiger partial charge in [-0.05, 0) is 81.8 Å². The van der Waals surface area contributed by atoms with Crippen LogP contribution in [0, 0.1) is 21.0 Å². The maximum atomic E-state index is 3.69. The summed E-state index contributed by atoms with van der Waals surface area (Å²) in [5.41, 5.74) is 7.88. The molecule has 5 heteroatoms. The Morgan fingerprint density at radius 3 is 2.48 bits per heavy atom. The first-order chi connectivity index (χ1) is 10.9. The van der Waals surface area contributed by atoms with Crippen LogP contribution in [0.3, 0.4) is 0 Å². The molecule has 23 heavy (non-hydrogen) atoms. The molecule has 1 N–H and O–H groups in total. The van der Waals surface area contributed by atoms with E-state index in [1.165, 1.54) is 40.9 Å². The highest BCUT2D eigenvalue weighted by Crippen LogP contribution is 2.45. The van der Waals surface area contributed by atoms with Crippen LogP contribution in [-0.2, 0) is 6.54 Å². The molecule has 0 fully saturated rings. The molecule has 122 valence electrons. The van der Waals surface area contributed by atoms with Crippen molar-refractivity contribution < 1.29 is 0 Å². The molecule has 0 aliphatic carbocycles. The van der Waals surface area contributed by atoms with Crippen LogP contribution in [0.2, 0.25) is 0 Å². The number of anilines is 3. The van der Waals surface area contributed by atoms with Gasteiger partial charge in [-0.25, -0.2) is 0 Å². The second kappa shape index (κ2) is 6.66. The van der Waals surface area contributed by atoms with Gasteiger partial charge >= 0.3 is 0 Å². The molecular formula is C18H21I2N3. The number of hydrogen-bond donors (Lipinski definition) is 1. The van der Waals surface area contributed by atoms with Crippen LogP contribution in [0.5, 0.6) is 0 Å². The van der Waals surface area contributed by atoms with E-state index < -0.39 is 0 Å². The minimum Gasteiger partial charge on any atom is -0.378 e. The number of rotatable bonds is 3. The van der Waals surface area contributed by atoms with Crippen LogP contribution in [0.25, 0.3) is 0 Å². The van der Waals surface area contributed by atoms with Gasteiger partial charge in [0, 0.05) is 24.2 Å². The van der Waals surface area contributed by atoms with Crippen molar-refractivity contribution in [3.05, 3.63) is 48.1 Å². The minimum absolute atomic E-state index is 0.848. The number of halogens is 2. The van der Waals surface area contributed by atoms with Crippen molar-refractivity contribution in [1.82, 2.24) is 0 Å². The Labute approximate surface area is 165 Å². The lowest BCUT2D eigenvalue weighted by atomic mass is 10.1. The second-order valence-electron chi connectivity index (χ2n) is 6.22. The molecule has 0 saturated carbocycles. The van der Waals surface area contributed by atoms with Gasteiger partial charge in [0.2, 0.25) is 0 Å². The van der Waals surface area contributed by atoms with Gasteiger partial charge in [0.1, 0.15) is 0 Å². The molecule has 1 heterocycles. The van der Waals surface area contributed by atoms with Gasteiger partial charge in [0.05, 0.1) is 27.3 Å². The van der Waals surface area contributed by atoms with Crippen LogP contribution in [0.1, 0.15) is 16.7 Å². The maximum absolute atomic E-state index is 3.69. The number of nitrogens with zero attached hydrogens (tertiary/aromatic N) is 2. The zero-order valence-electron chi connectivity index (χ0n) is 13.9. The molecule has 0 aromatic heterocycles. The fourth-order valence-electron chi connectivity index (χ4n) is 3.01. The van der Waals surface area contributed by atoms with Crippen LogP contribution in [-0.4, -0.2) is 20.8 Å². The van der Waals surface area contributed by atoms with Crippen LogP contribution < -0.4 is 15.1 Å². The molecule has 0 saturated heterocycles. The van der Waals surface area contributed by atoms with E-state index >= 15 is 0 Å². The van der Waals surface area contributed by atoms with E-state index in [9.17, 15) is 0 Å². The molecule has 0 unspecified atom stereocenters. The van der Waals surface area contributed by atoms with Gasteiger partial charge in [-0.2, -0.15) is 0 Å². The summed E-state index contributed by atoms with van der Waals surface area (Å²) in [6, 6.07) is 8.98. The van der Waals surface area contributed by atoms with Crippen molar-refractivity contribution in [3.63, 3.8) is 0 Å². The van der Waals surface area contributed by atoms with Gasteiger partial charge in [0.25, 0.3) is 0 Å². The fourth-order valence-corrected chi connectivity index (χ4v) is 4.18. The lowest BCUT2D eigenvalue weighted by Crippen LogP contribution is -2.24. The lowest BCUT2D eigenvalue weighted by Gasteiger charge is -2.19. The van der Waals surface area contributed by atoms with E-state index in [2.05, 4.69) is 113 Å². The van der Waals surface area contributed by atoms with Crippen molar-refractivity contribution in [1.29, 1.82) is 0 Å². The summed E-state index contributed by atoms with van der Waals surface area (Å²) in [5, 5.41) is 3.69. The molecule has 3 nitrogen and oxygen atoms in total. The first kappa shape index (κ1) is 17.1. The van der Waals surface area contributed by atoms with E-state index in [-0.39, 0.29) is 0 Å². The summed E-state index contributed by atoms with van der Waals surface area (Å²) in [6.07, 6.45) is 0. The van der Waals surface area contributed by atoms with Crippen molar-refractivity contribution >= 4 is 62.2 Å². The van der Waals surface area contributed by atoms with Crippen LogP contribution in [0.4, 0.5) is 17.1 Å². The first-order valence-electron chi connectivity index (χ1n) is 7.62. The number of fused-ring (bicyclic) bond motifs is 1. The number of hydrogen-bond acceptors (Lipinski definition) is 3. The van der Waals surface area contributed by atoms with E-state index in [1.807, 2.05) is 0 Å². The Kier molecular flexibility index (Phi) is 4.96. The van der Waals surface area contributed by atoms with E-state index in [4.69, 9.17) is 0 Å². The molecule has 0 spiro atoms. The SMILES string of the molecule is Cc1ccc(CNc2c(I)c(I)cc3c2N(C)CN3C)cc1C.